The van der Waals surface area contributed by atoms with Crippen molar-refractivity contribution in [1.29, 1.82) is 5.26 Å². The van der Waals surface area contributed by atoms with Gasteiger partial charge in [-0.1, -0.05) is 31.2 Å². The number of pyridine rings is 1. The monoisotopic (exact) mass is 620 g/mol. The summed E-state index contributed by atoms with van der Waals surface area (Å²) in [5, 5.41) is 25.7. The van der Waals surface area contributed by atoms with Crippen LogP contribution in [0.3, 0.4) is 0 Å². The fourth-order valence-electron chi connectivity index (χ4n) is 9.63. The van der Waals surface area contributed by atoms with Crippen LogP contribution in [0.5, 0.6) is 0 Å². The first-order valence-electron chi connectivity index (χ1n) is 15.6. The van der Waals surface area contributed by atoms with Crippen molar-refractivity contribution in [3.63, 3.8) is 0 Å². The van der Waals surface area contributed by atoms with Gasteiger partial charge in [-0.25, -0.2) is 14.5 Å². The summed E-state index contributed by atoms with van der Waals surface area (Å²) in [5.74, 6) is -0.936. The van der Waals surface area contributed by atoms with Crippen LogP contribution in [0, 0.1) is 45.9 Å². The number of esters is 1. The van der Waals surface area contributed by atoms with Crippen LogP contribution in [-0.4, -0.2) is 61.1 Å². The summed E-state index contributed by atoms with van der Waals surface area (Å²) in [6.45, 7) is 4.75. The Morgan fingerprint density at radius 2 is 2.11 bits per heavy atom. The first-order valence-corrected chi connectivity index (χ1v) is 16.6. The van der Waals surface area contributed by atoms with Gasteiger partial charge in [-0.05, 0) is 98.3 Å². The maximum Gasteiger partial charge on any atom is 0.336 e. The fraction of sp³-hybridized carbons (Fsp3) is 0.606. The molecule has 9 nitrogen and oxygen atoms in total. The summed E-state index contributed by atoms with van der Waals surface area (Å²) >= 11 is 0.910. The number of carbonyl (C=O) groups excluding carboxylic acids is 2. The Morgan fingerprint density at radius 3 is 2.84 bits per heavy atom. The van der Waals surface area contributed by atoms with E-state index in [1.54, 1.807) is 10.7 Å². The van der Waals surface area contributed by atoms with Crippen molar-refractivity contribution in [3.8, 4) is 11.8 Å². The number of hydrogen-bond acceptors (Lipinski definition) is 9. The molecule has 7 rings (SSSR count). The maximum absolute atomic E-state index is 13.9. The number of hydrogen-bond donors (Lipinski definition) is 1. The first-order chi connectivity index (χ1) is 21.1. The molecule has 1 aliphatic heterocycles. The lowest BCUT2D eigenvalue weighted by molar-refractivity contribution is -0.202. The number of thioether (sulfide) groups is 1. The molecular formula is C33H37FN4O5S. The van der Waals surface area contributed by atoms with Crippen molar-refractivity contribution in [2.24, 2.45) is 28.6 Å². The predicted molar refractivity (Wildman–Crippen MR) is 160 cm³/mol. The van der Waals surface area contributed by atoms with Gasteiger partial charge in [-0.2, -0.15) is 14.8 Å². The third-order valence-electron chi connectivity index (χ3n) is 11.6. The Balaban J connectivity index is 1.22. The largest absolute Gasteiger partial charge is 0.448 e. The minimum atomic E-state index is -1.42. The number of allylic oxidation sites excluding steroid dienone is 1. The molecule has 1 N–H and O–H groups in total. The third-order valence-corrected chi connectivity index (χ3v) is 12.4. The smallest absolute Gasteiger partial charge is 0.336 e. The highest BCUT2D eigenvalue weighted by Crippen LogP contribution is 2.69. The highest BCUT2D eigenvalue weighted by molar-refractivity contribution is 8.14. The number of ether oxygens (including phenoxy) is 2. The van der Waals surface area contributed by atoms with Crippen molar-refractivity contribution >= 4 is 28.9 Å². The standard InChI is InChI=1S/C33H37FN4O5S/c1-31-15-19-17-37-38(21-6-8-27(34)36-18-21)24(19)14-20(31)5-7-22-23-9-10-33(30(41)44-13-11-35,32(23,2)16-25(39)28(22)31)43-29(40)26-4-3-12-42-26/h6,8,14,17-18,22-23,25-26,28,39H,3-5,7,9-10,12-13,15-16H2,1-2H3/t22?,23-,25-,26?,28?,31-,32?,33?/m0/s1. The normalized spacial score (nSPS) is 37.2. The van der Waals surface area contributed by atoms with Crippen molar-refractivity contribution in [2.45, 2.75) is 83.0 Å². The zero-order valence-corrected chi connectivity index (χ0v) is 25.8. The zero-order valence-electron chi connectivity index (χ0n) is 25.0. The van der Waals surface area contributed by atoms with Gasteiger partial charge in [0.25, 0.3) is 0 Å². The molecule has 3 heterocycles. The van der Waals surface area contributed by atoms with Gasteiger partial charge < -0.3 is 14.6 Å². The van der Waals surface area contributed by atoms with Gasteiger partial charge >= 0.3 is 5.97 Å². The van der Waals surface area contributed by atoms with Gasteiger partial charge in [0.1, 0.15) is 0 Å². The van der Waals surface area contributed by atoms with E-state index in [1.165, 1.54) is 17.8 Å². The number of aromatic nitrogens is 3. The second-order valence-corrected chi connectivity index (χ2v) is 14.6. The van der Waals surface area contributed by atoms with Gasteiger partial charge in [0.2, 0.25) is 11.1 Å². The van der Waals surface area contributed by atoms with Crippen LogP contribution in [0.1, 0.15) is 70.1 Å². The maximum atomic E-state index is 13.9. The van der Waals surface area contributed by atoms with E-state index in [0.29, 0.717) is 44.4 Å². The molecule has 4 fully saturated rings. The Bertz CT molecular complexity index is 1560. The van der Waals surface area contributed by atoms with E-state index in [2.05, 4.69) is 23.1 Å². The van der Waals surface area contributed by atoms with Crippen LogP contribution in [0.4, 0.5) is 4.39 Å². The van der Waals surface area contributed by atoms with Crippen molar-refractivity contribution < 1.29 is 28.6 Å². The lowest BCUT2D eigenvalue weighted by Crippen LogP contribution is -2.63. The molecule has 44 heavy (non-hydrogen) atoms. The second kappa shape index (κ2) is 10.8. The van der Waals surface area contributed by atoms with E-state index in [1.807, 2.05) is 19.2 Å². The topological polar surface area (TPSA) is 127 Å². The first kappa shape index (κ1) is 29.6. The van der Waals surface area contributed by atoms with Crippen LogP contribution in [0.2, 0.25) is 0 Å². The van der Waals surface area contributed by atoms with E-state index in [-0.39, 0.29) is 34.0 Å². The van der Waals surface area contributed by atoms with E-state index < -0.39 is 35.1 Å². The van der Waals surface area contributed by atoms with E-state index in [0.717, 1.165) is 42.3 Å². The molecule has 3 saturated carbocycles. The summed E-state index contributed by atoms with van der Waals surface area (Å²) in [6, 6.07) is 5.03. The quantitative estimate of drug-likeness (QED) is 0.370. The zero-order chi connectivity index (χ0) is 30.9. The molecule has 4 aliphatic carbocycles. The van der Waals surface area contributed by atoms with Gasteiger partial charge in [0, 0.05) is 12.0 Å². The number of halogens is 1. The molecule has 0 bridgehead atoms. The molecule has 2 aromatic heterocycles. The van der Waals surface area contributed by atoms with E-state index >= 15 is 0 Å². The van der Waals surface area contributed by atoms with E-state index in [4.69, 9.17) is 9.47 Å². The molecule has 232 valence electrons. The highest BCUT2D eigenvalue weighted by atomic mass is 32.2. The minimum Gasteiger partial charge on any atom is -0.448 e. The van der Waals surface area contributed by atoms with Gasteiger partial charge in [0.15, 0.2) is 11.7 Å². The molecule has 8 atom stereocenters. The molecule has 1 saturated heterocycles. The molecule has 0 spiro atoms. The molecule has 5 unspecified atom stereocenters. The third kappa shape index (κ3) is 4.31. The molecule has 5 aliphatic rings. The molecule has 2 aromatic rings. The summed E-state index contributed by atoms with van der Waals surface area (Å²) in [7, 11) is 0. The summed E-state index contributed by atoms with van der Waals surface area (Å²) < 4.78 is 27.2. The number of carbonyl (C=O) groups is 2. The van der Waals surface area contributed by atoms with Gasteiger partial charge in [-0.15, -0.1) is 0 Å². The number of rotatable bonds is 5. The number of nitriles is 1. The molecule has 0 aromatic carbocycles. The average molecular weight is 621 g/mol. The van der Waals surface area contributed by atoms with Crippen molar-refractivity contribution in [2.75, 3.05) is 12.4 Å². The summed E-state index contributed by atoms with van der Waals surface area (Å²) in [4.78, 5) is 31.1. The molecule has 0 amide bonds. The van der Waals surface area contributed by atoms with Crippen LogP contribution in [0.25, 0.3) is 11.8 Å². The van der Waals surface area contributed by atoms with Crippen molar-refractivity contribution in [1.82, 2.24) is 14.8 Å². The van der Waals surface area contributed by atoms with Crippen molar-refractivity contribution in [3.05, 3.63) is 47.3 Å². The van der Waals surface area contributed by atoms with E-state index in [9.17, 15) is 24.3 Å². The van der Waals surface area contributed by atoms with Gasteiger partial charge in [-0.3, -0.25) is 4.79 Å². The van der Waals surface area contributed by atoms with Crippen LogP contribution >= 0.6 is 11.8 Å². The predicted octanol–water partition coefficient (Wildman–Crippen LogP) is 4.80. The minimum absolute atomic E-state index is 0.0242. The Morgan fingerprint density at radius 1 is 1.27 bits per heavy atom. The number of aliphatic hydroxyl groups excluding tert-OH is 1. The van der Waals surface area contributed by atoms with Crippen LogP contribution < -0.4 is 0 Å². The number of nitrogens with zero attached hydrogens (tertiary/aromatic N) is 4. The lowest BCUT2D eigenvalue weighted by atomic mass is 9.45. The number of aliphatic hydroxyl groups is 1. The Kier molecular flexibility index (Phi) is 7.26. The molecule has 0 radical (unpaired) electrons. The highest BCUT2D eigenvalue weighted by Gasteiger charge is 2.71. The number of fused-ring (bicyclic) bond motifs is 6. The van der Waals surface area contributed by atoms with Gasteiger partial charge in [0.05, 0.1) is 41.7 Å². The Labute approximate surface area is 260 Å². The lowest BCUT2D eigenvalue weighted by Gasteiger charge is -2.60. The SMILES string of the molecule is CC12C[C@H](O)C3C(CCC4=Cc5c(cnn5-c5ccc(F)nc5)C[C@@]43C)[C@@H]1CCC2(OC(=O)C1CCCO1)C(=O)SCC#N. The Hall–Kier alpha value is -3.07. The summed E-state index contributed by atoms with van der Waals surface area (Å²) in [6.07, 6.45) is 9.25. The summed E-state index contributed by atoms with van der Waals surface area (Å²) in [5.41, 5.74) is 1.46. The van der Waals surface area contributed by atoms with Crippen LogP contribution in [0.15, 0.2) is 30.1 Å². The average Bonchev–Trinajstić information content (AvgIpc) is 3.73. The fourth-order valence-corrected chi connectivity index (χ4v) is 10.4. The molecule has 11 heteroatoms. The van der Waals surface area contributed by atoms with Crippen LogP contribution in [-0.2, 0) is 25.5 Å². The second-order valence-electron chi connectivity index (χ2n) is 13.6. The molecular weight excluding hydrogens is 583 g/mol.